The van der Waals surface area contributed by atoms with E-state index in [0.29, 0.717) is 30.2 Å². The fourth-order valence-corrected chi connectivity index (χ4v) is 6.62. The molecule has 1 fully saturated rings. The Kier molecular flexibility index (Phi) is 6.99. The van der Waals surface area contributed by atoms with Crippen LogP contribution >= 0.6 is 11.3 Å². The van der Waals surface area contributed by atoms with E-state index in [1.165, 1.54) is 11.3 Å². The average Bonchev–Trinajstić information content (AvgIpc) is 3.43. The lowest BCUT2D eigenvalue weighted by molar-refractivity contribution is -0.133. The van der Waals surface area contributed by atoms with Gasteiger partial charge in [0.1, 0.15) is 5.01 Å². The Bertz CT molecular complexity index is 1220. The molecule has 4 rings (SSSR count). The van der Waals surface area contributed by atoms with Gasteiger partial charge < -0.3 is 14.4 Å². The van der Waals surface area contributed by atoms with Crippen LogP contribution in [0.1, 0.15) is 17.7 Å². The van der Waals surface area contributed by atoms with Gasteiger partial charge in [-0.2, -0.15) is 0 Å². The predicted octanol–water partition coefficient (Wildman–Crippen LogP) is 3.59. The number of hydrogen-bond donors (Lipinski definition) is 0. The molecule has 2 heterocycles. The van der Waals surface area contributed by atoms with Crippen molar-refractivity contribution in [3.05, 3.63) is 65.2 Å². The maximum atomic E-state index is 13.3. The van der Waals surface area contributed by atoms with Crippen LogP contribution in [0.2, 0.25) is 0 Å². The molecule has 2 aromatic carbocycles. The maximum absolute atomic E-state index is 13.3. The first-order valence-electron chi connectivity index (χ1n) is 10.6. The van der Waals surface area contributed by atoms with Crippen molar-refractivity contribution in [2.75, 3.05) is 25.7 Å². The van der Waals surface area contributed by atoms with Gasteiger partial charge in [0.25, 0.3) is 0 Å². The van der Waals surface area contributed by atoms with Crippen molar-refractivity contribution in [3.63, 3.8) is 0 Å². The number of para-hydroxylation sites is 1. The van der Waals surface area contributed by atoms with Gasteiger partial charge in [0.05, 0.1) is 43.4 Å². The summed E-state index contributed by atoms with van der Waals surface area (Å²) in [6.07, 6.45) is 0.566. The van der Waals surface area contributed by atoms with Crippen molar-refractivity contribution in [3.8, 4) is 22.1 Å². The minimum Gasteiger partial charge on any atom is -0.493 e. The van der Waals surface area contributed by atoms with Gasteiger partial charge in [0.2, 0.25) is 5.91 Å². The molecule has 0 radical (unpaired) electrons. The fourth-order valence-electron chi connectivity index (χ4n) is 4.05. The minimum atomic E-state index is -3.12. The van der Waals surface area contributed by atoms with E-state index in [0.717, 1.165) is 16.1 Å². The van der Waals surface area contributed by atoms with Crippen LogP contribution in [0.5, 0.6) is 11.5 Å². The molecule has 174 valence electrons. The summed E-state index contributed by atoms with van der Waals surface area (Å²) in [7, 11) is 0.0427. The van der Waals surface area contributed by atoms with Gasteiger partial charge in [-0.15, -0.1) is 11.3 Å². The van der Waals surface area contributed by atoms with Crippen LogP contribution < -0.4 is 9.47 Å². The van der Waals surface area contributed by atoms with Gasteiger partial charge in [0, 0.05) is 18.0 Å². The molecule has 3 aromatic rings. The molecule has 33 heavy (non-hydrogen) atoms. The van der Waals surface area contributed by atoms with Crippen LogP contribution in [0, 0.1) is 0 Å². The fraction of sp³-hybridized carbons (Fsp3) is 0.333. The third-order valence-electron chi connectivity index (χ3n) is 5.68. The lowest BCUT2D eigenvalue weighted by Gasteiger charge is -2.28. The van der Waals surface area contributed by atoms with E-state index in [-0.39, 0.29) is 29.9 Å². The number of nitrogens with zero attached hydrogens (tertiary/aromatic N) is 2. The zero-order valence-electron chi connectivity index (χ0n) is 18.6. The van der Waals surface area contributed by atoms with E-state index >= 15 is 0 Å². The number of hydrogen-bond acceptors (Lipinski definition) is 7. The largest absolute Gasteiger partial charge is 0.493 e. The summed E-state index contributed by atoms with van der Waals surface area (Å²) >= 11 is 1.43. The first-order chi connectivity index (χ1) is 15.9. The van der Waals surface area contributed by atoms with Crippen molar-refractivity contribution in [1.29, 1.82) is 0 Å². The topological polar surface area (TPSA) is 85.8 Å². The number of thiazole rings is 1. The Balaban J connectivity index is 1.56. The van der Waals surface area contributed by atoms with Crippen molar-refractivity contribution in [1.82, 2.24) is 9.88 Å². The molecule has 1 unspecified atom stereocenters. The molecule has 0 aliphatic carbocycles. The monoisotopic (exact) mass is 486 g/mol. The quantitative estimate of drug-likeness (QED) is 0.484. The van der Waals surface area contributed by atoms with Crippen LogP contribution in [0.25, 0.3) is 10.6 Å². The number of carbonyl (C=O) groups is 1. The maximum Gasteiger partial charge on any atom is 0.229 e. The van der Waals surface area contributed by atoms with Crippen LogP contribution in [-0.2, 0) is 27.6 Å². The SMILES string of the molecule is COc1cccc(-c2nc(CC(=O)N(Cc3ccccc3)C3CCS(=O)(=O)C3)cs2)c1OC. The van der Waals surface area contributed by atoms with Crippen LogP contribution in [0.4, 0.5) is 0 Å². The van der Waals surface area contributed by atoms with E-state index in [2.05, 4.69) is 4.98 Å². The average molecular weight is 487 g/mol. The molecular formula is C24H26N2O5S2. The van der Waals surface area contributed by atoms with Gasteiger partial charge in [-0.25, -0.2) is 13.4 Å². The number of methoxy groups -OCH3 is 2. The summed E-state index contributed by atoms with van der Waals surface area (Å²) in [5.74, 6) is 1.20. The van der Waals surface area contributed by atoms with Gasteiger partial charge in [-0.1, -0.05) is 36.4 Å². The molecule has 1 aliphatic heterocycles. The molecule has 1 amide bonds. The summed E-state index contributed by atoms with van der Waals surface area (Å²) in [4.78, 5) is 19.7. The van der Waals surface area contributed by atoms with Gasteiger partial charge >= 0.3 is 0 Å². The minimum absolute atomic E-state index is 0.00883. The molecule has 0 N–H and O–H groups in total. The first-order valence-corrected chi connectivity index (χ1v) is 13.3. The summed E-state index contributed by atoms with van der Waals surface area (Å²) in [6, 6.07) is 14.9. The van der Waals surface area contributed by atoms with E-state index in [9.17, 15) is 13.2 Å². The number of sulfone groups is 1. The summed E-state index contributed by atoms with van der Waals surface area (Å²) < 4.78 is 35.0. The highest BCUT2D eigenvalue weighted by Crippen LogP contribution is 2.39. The second-order valence-electron chi connectivity index (χ2n) is 7.93. The van der Waals surface area contributed by atoms with Crippen molar-refractivity contribution in [2.45, 2.75) is 25.4 Å². The summed E-state index contributed by atoms with van der Waals surface area (Å²) in [6.45, 7) is 0.376. The first kappa shape index (κ1) is 23.3. The van der Waals surface area contributed by atoms with E-state index in [1.54, 1.807) is 19.1 Å². The van der Waals surface area contributed by atoms with Crippen LogP contribution in [-0.4, -0.2) is 56.0 Å². The van der Waals surface area contributed by atoms with Crippen molar-refractivity contribution in [2.24, 2.45) is 0 Å². The molecule has 9 heteroatoms. The Hall–Kier alpha value is -2.91. The standard InChI is InChI=1S/C24H26N2O5S2/c1-30-21-10-6-9-20(23(21)31-2)24-25-18(15-32-24)13-22(27)26(14-17-7-4-3-5-8-17)19-11-12-33(28,29)16-19/h3-10,15,19H,11-14,16H2,1-2H3. The highest BCUT2D eigenvalue weighted by Gasteiger charge is 2.34. The number of ether oxygens (including phenoxy) is 2. The molecule has 1 saturated heterocycles. The Labute approximate surface area is 197 Å². The van der Waals surface area contributed by atoms with E-state index in [4.69, 9.17) is 9.47 Å². The number of carbonyl (C=O) groups excluding carboxylic acids is 1. The van der Waals surface area contributed by atoms with Gasteiger partial charge in [-0.05, 0) is 24.1 Å². The zero-order valence-corrected chi connectivity index (χ0v) is 20.2. The smallest absolute Gasteiger partial charge is 0.229 e. The number of benzene rings is 2. The predicted molar refractivity (Wildman–Crippen MR) is 128 cm³/mol. The number of rotatable bonds is 8. The molecular weight excluding hydrogens is 460 g/mol. The molecule has 7 nitrogen and oxygen atoms in total. The van der Waals surface area contributed by atoms with Gasteiger partial charge in [0.15, 0.2) is 21.3 Å². The molecule has 0 bridgehead atoms. The van der Waals surface area contributed by atoms with Crippen molar-refractivity contribution >= 4 is 27.1 Å². The third kappa shape index (κ3) is 5.36. The summed E-state index contributed by atoms with van der Waals surface area (Å²) in [5.41, 5.74) is 2.41. The summed E-state index contributed by atoms with van der Waals surface area (Å²) in [5, 5.41) is 2.59. The number of aromatic nitrogens is 1. The molecule has 0 saturated carbocycles. The normalized spacial score (nSPS) is 17.0. The van der Waals surface area contributed by atoms with E-state index < -0.39 is 9.84 Å². The zero-order chi connectivity index (χ0) is 23.4. The molecule has 1 aromatic heterocycles. The van der Waals surface area contributed by atoms with Crippen LogP contribution in [0.15, 0.2) is 53.9 Å². The van der Waals surface area contributed by atoms with E-state index in [1.807, 2.05) is 53.9 Å². The highest BCUT2D eigenvalue weighted by atomic mass is 32.2. The second kappa shape index (κ2) is 9.93. The second-order valence-corrected chi connectivity index (χ2v) is 11.0. The lowest BCUT2D eigenvalue weighted by atomic mass is 10.1. The molecule has 1 aliphatic rings. The molecule has 0 spiro atoms. The third-order valence-corrected chi connectivity index (χ3v) is 8.36. The lowest BCUT2D eigenvalue weighted by Crippen LogP contribution is -2.41. The van der Waals surface area contributed by atoms with Crippen LogP contribution in [0.3, 0.4) is 0 Å². The Morgan fingerprint density at radius 3 is 2.58 bits per heavy atom. The molecule has 1 atom stereocenters. The number of amides is 1. The Morgan fingerprint density at radius 1 is 1.12 bits per heavy atom. The van der Waals surface area contributed by atoms with Gasteiger partial charge in [-0.3, -0.25) is 4.79 Å². The Morgan fingerprint density at radius 2 is 1.91 bits per heavy atom. The van der Waals surface area contributed by atoms with Crippen molar-refractivity contribution < 1.29 is 22.7 Å². The highest BCUT2D eigenvalue weighted by molar-refractivity contribution is 7.91.